The van der Waals surface area contributed by atoms with Gasteiger partial charge in [-0.1, -0.05) is 12.1 Å². The minimum absolute atomic E-state index is 0.0184. The molecule has 134 valence electrons. The Bertz CT molecular complexity index is 503. The van der Waals surface area contributed by atoms with Crippen molar-refractivity contribution in [1.29, 1.82) is 0 Å². The Hall–Kier alpha value is -1.73. The summed E-state index contributed by atoms with van der Waals surface area (Å²) < 4.78 is 28.4. The second kappa shape index (κ2) is 9.54. The predicted molar refractivity (Wildman–Crippen MR) is 86.0 cm³/mol. The fourth-order valence-electron chi connectivity index (χ4n) is 2.77. The number of aliphatic hydroxyl groups is 1. The van der Waals surface area contributed by atoms with E-state index in [0.717, 1.165) is 31.5 Å². The summed E-state index contributed by atoms with van der Waals surface area (Å²) in [5, 5.41) is 12.0. The molecule has 24 heavy (non-hydrogen) atoms. The molecular weight excluding hydrogens is 318 g/mol. The monoisotopic (exact) mass is 342 g/mol. The molecule has 1 aromatic carbocycles. The summed E-state index contributed by atoms with van der Waals surface area (Å²) in [5.74, 6) is 0.473. The van der Waals surface area contributed by atoms with Crippen molar-refractivity contribution in [3.63, 3.8) is 0 Å². The van der Waals surface area contributed by atoms with Crippen LogP contribution in [0.1, 0.15) is 18.4 Å². The summed E-state index contributed by atoms with van der Waals surface area (Å²) in [4.78, 5) is 14.0. The number of likely N-dealkylation sites (tertiary alicyclic amines) is 1. The van der Waals surface area contributed by atoms with E-state index in [-0.39, 0.29) is 18.3 Å². The van der Waals surface area contributed by atoms with Gasteiger partial charge in [0, 0.05) is 13.2 Å². The molecule has 0 bridgehead atoms. The van der Waals surface area contributed by atoms with Crippen LogP contribution in [0.2, 0.25) is 0 Å². The fraction of sp³-hybridized carbons (Fsp3) is 0.588. The average molecular weight is 342 g/mol. The van der Waals surface area contributed by atoms with Crippen molar-refractivity contribution >= 4 is 5.91 Å². The third-order valence-corrected chi connectivity index (χ3v) is 4.22. The van der Waals surface area contributed by atoms with Crippen molar-refractivity contribution in [2.24, 2.45) is 5.92 Å². The lowest BCUT2D eigenvalue weighted by Crippen LogP contribution is -2.42. The molecule has 2 rings (SSSR count). The Morgan fingerprint density at radius 1 is 1.29 bits per heavy atom. The first-order valence-corrected chi connectivity index (χ1v) is 8.20. The highest BCUT2D eigenvalue weighted by Crippen LogP contribution is 2.16. The molecule has 2 N–H and O–H groups in total. The molecular formula is C17H24F2N2O3. The highest BCUT2D eigenvalue weighted by molar-refractivity contribution is 5.78. The first-order chi connectivity index (χ1) is 11.6. The zero-order chi connectivity index (χ0) is 17.4. The molecule has 1 amide bonds. The van der Waals surface area contributed by atoms with Crippen LogP contribution in [0, 0.1) is 5.92 Å². The molecule has 1 fully saturated rings. The smallest absolute Gasteiger partial charge is 0.387 e. The van der Waals surface area contributed by atoms with Crippen molar-refractivity contribution in [2.45, 2.75) is 25.9 Å². The summed E-state index contributed by atoms with van der Waals surface area (Å²) in [5.41, 5.74) is 0.945. The second-order valence-electron chi connectivity index (χ2n) is 6.02. The van der Waals surface area contributed by atoms with Crippen molar-refractivity contribution in [3.05, 3.63) is 29.8 Å². The van der Waals surface area contributed by atoms with Crippen LogP contribution in [0.25, 0.3) is 0 Å². The topological polar surface area (TPSA) is 61.8 Å². The van der Waals surface area contributed by atoms with Crippen LogP contribution in [0.3, 0.4) is 0 Å². The fourth-order valence-corrected chi connectivity index (χ4v) is 2.77. The number of nitrogens with one attached hydrogen (secondary N) is 1. The zero-order valence-electron chi connectivity index (χ0n) is 13.6. The number of hydrogen-bond acceptors (Lipinski definition) is 4. The van der Waals surface area contributed by atoms with E-state index in [4.69, 9.17) is 5.11 Å². The lowest BCUT2D eigenvalue weighted by molar-refractivity contribution is -0.122. The largest absolute Gasteiger partial charge is 0.435 e. The molecule has 1 saturated heterocycles. The standard InChI is InChI=1S/C17H24F2N2O3/c18-17(19)24-15-3-1-13(2-4-15)5-8-20-16(23)11-21-9-6-14(12-22)7-10-21/h1-4,14,17,22H,5-12H2,(H,20,23). The van der Waals surface area contributed by atoms with Crippen LogP contribution >= 0.6 is 0 Å². The number of nitrogens with zero attached hydrogens (tertiary/aromatic N) is 1. The van der Waals surface area contributed by atoms with Gasteiger partial charge in [-0.15, -0.1) is 0 Å². The maximum atomic E-state index is 12.1. The van der Waals surface area contributed by atoms with Gasteiger partial charge in [0.2, 0.25) is 5.91 Å². The molecule has 0 unspecified atom stereocenters. The number of amides is 1. The summed E-state index contributed by atoms with van der Waals surface area (Å²) in [7, 11) is 0. The molecule has 1 aliphatic rings. The number of halogens is 2. The van der Waals surface area contributed by atoms with Crippen molar-refractivity contribution < 1.29 is 23.4 Å². The third-order valence-electron chi connectivity index (χ3n) is 4.22. The van der Waals surface area contributed by atoms with E-state index in [2.05, 4.69) is 15.0 Å². The van der Waals surface area contributed by atoms with Gasteiger partial charge in [-0.2, -0.15) is 8.78 Å². The number of piperidine rings is 1. The number of aliphatic hydroxyl groups excluding tert-OH is 1. The Morgan fingerprint density at radius 3 is 2.54 bits per heavy atom. The third kappa shape index (κ3) is 6.41. The highest BCUT2D eigenvalue weighted by atomic mass is 19.3. The van der Waals surface area contributed by atoms with E-state index >= 15 is 0 Å². The molecule has 1 aromatic rings. The van der Waals surface area contributed by atoms with Crippen LogP contribution in [0.15, 0.2) is 24.3 Å². The van der Waals surface area contributed by atoms with Crippen LogP contribution in [0.5, 0.6) is 5.75 Å². The highest BCUT2D eigenvalue weighted by Gasteiger charge is 2.19. The first-order valence-electron chi connectivity index (χ1n) is 8.20. The molecule has 1 heterocycles. The molecule has 0 aliphatic carbocycles. The van der Waals surface area contributed by atoms with E-state index in [1.165, 1.54) is 12.1 Å². The lowest BCUT2D eigenvalue weighted by Gasteiger charge is -2.30. The van der Waals surface area contributed by atoms with Crippen LogP contribution in [-0.2, 0) is 11.2 Å². The normalized spacial score (nSPS) is 16.3. The Labute approximate surface area is 140 Å². The Kier molecular flexibility index (Phi) is 7.39. The van der Waals surface area contributed by atoms with E-state index < -0.39 is 6.61 Å². The SMILES string of the molecule is O=C(CN1CCC(CO)CC1)NCCc1ccc(OC(F)F)cc1. The maximum absolute atomic E-state index is 12.1. The number of carbonyl (C=O) groups is 1. The van der Waals surface area contributed by atoms with Gasteiger partial charge in [-0.05, 0) is 56.0 Å². The van der Waals surface area contributed by atoms with Crippen LogP contribution < -0.4 is 10.1 Å². The summed E-state index contributed by atoms with van der Waals surface area (Å²) in [6, 6.07) is 6.41. The maximum Gasteiger partial charge on any atom is 0.387 e. The van der Waals surface area contributed by atoms with E-state index in [1.54, 1.807) is 12.1 Å². The number of benzene rings is 1. The molecule has 0 atom stereocenters. The van der Waals surface area contributed by atoms with Crippen molar-refractivity contribution in [1.82, 2.24) is 10.2 Å². The number of hydrogen-bond donors (Lipinski definition) is 2. The number of ether oxygens (including phenoxy) is 1. The minimum atomic E-state index is -2.82. The van der Waals surface area contributed by atoms with Gasteiger partial charge in [0.15, 0.2) is 0 Å². The predicted octanol–water partition coefficient (Wildman–Crippen LogP) is 1.65. The van der Waals surface area contributed by atoms with Gasteiger partial charge in [-0.3, -0.25) is 9.69 Å². The van der Waals surface area contributed by atoms with Gasteiger partial charge >= 0.3 is 6.61 Å². The average Bonchev–Trinajstić information content (AvgIpc) is 2.57. The molecule has 0 saturated carbocycles. The quantitative estimate of drug-likeness (QED) is 0.754. The first kappa shape index (κ1) is 18.6. The van der Waals surface area contributed by atoms with E-state index in [0.29, 0.717) is 25.4 Å². The van der Waals surface area contributed by atoms with Gasteiger partial charge in [-0.25, -0.2) is 0 Å². The van der Waals surface area contributed by atoms with Gasteiger partial charge in [0.05, 0.1) is 6.54 Å². The van der Waals surface area contributed by atoms with Crippen molar-refractivity contribution in [2.75, 3.05) is 32.8 Å². The summed E-state index contributed by atoms with van der Waals surface area (Å²) in [6.07, 6.45) is 2.49. The Morgan fingerprint density at radius 2 is 1.96 bits per heavy atom. The molecule has 5 nitrogen and oxygen atoms in total. The van der Waals surface area contributed by atoms with Gasteiger partial charge < -0.3 is 15.2 Å². The molecule has 0 aromatic heterocycles. The minimum Gasteiger partial charge on any atom is -0.435 e. The van der Waals surface area contributed by atoms with Gasteiger partial charge in [0.25, 0.3) is 0 Å². The molecule has 0 spiro atoms. The number of carbonyl (C=O) groups excluding carboxylic acids is 1. The Balaban J connectivity index is 1.64. The van der Waals surface area contributed by atoms with E-state index in [1.807, 2.05) is 0 Å². The zero-order valence-corrected chi connectivity index (χ0v) is 13.6. The van der Waals surface area contributed by atoms with E-state index in [9.17, 15) is 13.6 Å². The summed E-state index contributed by atoms with van der Waals surface area (Å²) in [6.45, 7) is -0.0479. The lowest BCUT2D eigenvalue weighted by atomic mass is 9.98. The second-order valence-corrected chi connectivity index (χ2v) is 6.02. The molecule has 0 radical (unpaired) electrons. The number of rotatable bonds is 8. The molecule has 7 heteroatoms. The van der Waals surface area contributed by atoms with Crippen molar-refractivity contribution in [3.8, 4) is 5.75 Å². The summed E-state index contributed by atoms with van der Waals surface area (Å²) >= 11 is 0. The van der Waals surface area contributed by atoms with Crippen LogP contribution in [-0.4, -0.2) is 55.3 Å². The number of alkyl halides is 2. The van der Waals surface area contributed by atoms with Crippen LogP contribution in [0.4, 0.5) is 8.78 Å². The van der Waals surface area contributed by atoms with Gasteiger partial charge in [0.1, 0.15) is 5.75 Å². The molecule has 1 aliphatic heterocycles.